The third-order valence-electron chi connectivity index (χ3n) is 7.51. The van der Waals surface area contributed by atoms with Gasteiger partial charge in [-0.3, -0.25) is 4.79 Å². The summed E-state index contributed by atoms with van der Waals surface area (Å²) in [5.41, 5.74) is 3.11. The van der Waals surface area contributed by atoms with Gasteiger partial charge in [0.2, 0.25) is 0 Å². The van der Waals surface area contributed by atoms with Gasteiger partial charge in [-0.1, -0.05) is 43.4 Å². The summed E-state index contributed by atoms with van der Waals surface area (Å²) in [6, 6.07) is 22.4. The Bertz CT molecular complexity index is 1410. The first-order valence-electron chi connectivity index (χ1n) is 13.4. The molecule has 3 aromatic rings. The largest absolute Gasteiger partial charge is 0.497 e. The molecule has 0 amide bonds. The van der Waals surface area contributed by atoms with Crippen molar-refractivity contribution < 1.29 is 24.1 Å². The van der Waals surface area contributed by atoms with Crippen LogP contribution in [-0.4, -0.2) is 31.7 Å². The lowest BCUT2D eigenvalue weighted by Gasteiger charge is -2.39. The number of carbonyl (C=O) groups is 1. The Labute approximate surface area is 236 Å². The molecule has 5 nitrogen and oxygen atoms in total. The van der Waals surface area contributed by atoms with Crippen LogP contribution in [0.1, 0.15) is 41.8 Å². The number of allylic oxidation sites excluding steroid dienone is 6. The van der Waals surface area contributed by atoms with Crippen LogP contribution in [0.5, 0.6) is 17.2 Å². The van der Waals surface area contributed by atoms with Crippen molar-refractivity contribution in [3.8, 4) is 17.2 Å². The molecule has 0 spiro atoms. The Morgan fingerprint density at radius 3 is 1.95 bits per heavy atom. The van der Waals surface area contributed by atoms with E-state index >= 15 is 0 Å². The fourth-order valence-electron chi connectivity index (χ4n) is 5.11. The lowest BCUT2D eigenvalue weighted by atomic mass is 9.64. The normalized spacial score (nSPS) is 16.8. The fraction of sp³-hybridized carbons (Fsp3) is 0.229. The molecule has 1 N–H and O–H groups in total. The van der Waals surface area contributed by atoms with Crippen molar-refractivity contribution in [3.63, 3.8) is 0 Å². The molecule has 0 saturated carbocycles. The molecule has 206 valence electrons. The van der Waals surface area contributed by atoms with Gasteiger partial charge in [-0.15, -0.1) is 0 Å². The van der Waals surface area contributed by atoms with Gasteiger partial charge in [-0.2, -0.15) is 0 Å². The van der Waals surface area contributed by atoms with Crippen molar-refractivity contribution in [3.05, 3.63) is 137 Å². The third kappa shape index (κ3) is 6.27. The van der Waals surface area contributed by atoms with E-state index in [2.05, 4.69) is 37.3 Å². The van der Waals surface area contributed by atoms with E-state index in [4.69, 9.17) is 14.2 Å². The summed E-state index contributed by atoms with van der Waals surface area (Å²) in [6.45, 7) is 4.25. The molecule has 0 aromatic heterocycles. The van der Waals surface area contributed by atoms with Gasteiger partial charge in [0.25, 0.3) is 0 Å². The third-order valence-corrected chi connectivity index (χ3v) is 7.51. The van der Waals surface area contributed by atoms with Crippen molar-refractivity contribution in [1.82, 2.24) is 0 Å². The minimum absolute atomic E-state index is 0.0150. The van der Waals surface area contributed by atoms with Crippen molar-refractivity contribution in [2.75, 3.05) is 20.8 Å². The molecular formula is C35H36O5. The van der Waals surface area contributed by atoms with E-state index in [1.54, 1.807) is 68.8 Å². The lowest BCUT2D eigenvalue weighted by molar-refractivity contribution is 0.103. The topological polar surface area (TPSA) is 65.0 Å². The number of methoxy groups -OCH3 is 2. The zero-order chi connectivity index (χ0) is 28.5. The smallest absolute Gasteiger partial charge is 0.193 e. The number of hydrogen-bond donors (Lipinski definition) is 1. The molecule has 0 bridgehead atoms. The molecule has 40 heavy (non-hydrogen) atoms. The number of ether oxygens (including phenoxy) is 3. The number of rotatable bonds is 11. The summed E-state index contributed by atoms with van der Waals surface area (Å²) in [5, 5.41) is 9.43. The van der Waals surface area contributed by atoms with E-state index < -0.39 is 0 Å². The molecular weight excluding hydrogens is 500 g/mol. The predicted octanol–water partition coefficient (Wildman–Crippen LogP) is 7.58. The van der Waals surface area contributed by atoms with Crippen LogP contribution in [0.25, 0.3) is 0 Å². The van der Waals surface area contributed by atoms with Crippen LogP contribution in [0.4, 0.5) is 0 Å². The molecule has 0 saturated heterocycles. The molecule has 1 aliphatic carbocycles. The molecule has 0 heterocycles. The Morgan fingerprint density at radius 1 is 0.900 bits per heavy atom. The standard InChI is InChI=1S/C35H36O5/c1-5-27(7-6-24-36)35(2,28-12-20-31(39-4)21-13-28)29-14-22-33(23-15-29)40-32-18-10-26(11-19-32)34(37)25-8-16-30(38-3)17-9-25/h5-12,14-23,28,36H,13,24H2,1-4H3/b7-6-,27-5+. The highest BCUT2D eigenvalue weighted by atomic mass is 16.5. The summed E-state index contributed by atoms with van der Waals surface area (Å²) in [4.78, 5) is 12.8. The summed E-state index contributed by atoms with van der Waals surface area (Å²) < 4.78 is 16.7. The first-order chi connectivity index (χ1) is 19.4. The van der Waals surface area contributed by atoms with Gasteiger partial charge in [0.1, 0.15) is 23.0 Å². The van der Waals surface area contributed by atoms with E-state index in [1.807, 2.05) is 31.2 Å². The zero-order valence-corrected chi connectivity index (χ0v) is 23.5. The van der Waals surface area contributed by atoms with Crippen molar-refractivity contribution in [1.29, 1.82) is 0 Å². The molecule has 0 aliphatic heterocycles. The van der Waals surface area contributed by atoms with Gasteiger partial charge >= 0.3 is 0 Å². The van der Waals surface area contributed by atoms with E-state index in [-0.39, 0.29) is 23.7 Å². The van der Waals surface area contributed by atoms with Crippen LogP contribution in [0.15, 0.2) is 121 Å². The van der Waals surface area contributed by atoms with Gasteiger partial charge in [0.05, 0.1) is 20.8 Å². The number of carbonyl (C=O) groups excluding carboxylic acids is 1. The second-order valence-corrected chi connectivity index (χ2v) is 9.75. The van der Waals surface area contributed by atoms with Crippen molar-refractivity contribution >= 4 is 5.78 Å². The molecule has 0 radical (unpaired) electrons. The highest BCUT2D eigenvalue weighted by Gasteiger charge is 2.37. The lowest BCUT2D eigenvalue weighted by Crippen LogP contribution is -2.33. The second-order valence-electron chi connectivity index (χ2n) is 9.75. The molecule has 3 aromatic carbocycles. The minimum atomic E-state index is -0.339. The number of benzene rings is 3. The van der Waals surface area contributed by atoms with E-state index in [0.29, 0.717) is 28.4 Å². The average molecular weight is 537 g/mol. The Morgan fingerprint density at radius 2 is 1.48 bits per heavy atom. The van der Waals surface area contributed by atoms with Gasteiger partial charge in [-0.05, 0) is 103 Å². The van der Waals surface area contributed by atoms with Gasteiger partial charge in [0.15, 0.2) is 5.78 Å². The Kier molecular flexibility index (Phi) is 9.41. The van der Waals surface area contributed by atoms with Crippen LogP contribution >= 0.6 is 0 Å². The first-order valence-corrected chi connectivity index (χ1v) is 13.4. The summed E-state index contributed by atoms with van der Waals surface area (Å²) in [7, 11) is 3.28. The highest BCUT2D eigenvalue weighted by Crippen LogP contribution is 2.44. The zero-order valence-electron chi connectivity index (χ0n) is 23.5. The second kappa shape index (κ2) is 13.1. The fourth-order valence-corrected chi connectivity index (χ4v) is 5.11. The molecule has 0 fully saturated rings. The van der Waals surface area contributed by atoms with Crippen LogP contribution in [0, 0.1) is 5.92 Å². The van der Waals surface area contributed by atoms with Gasteiger partial charge in [-0.25, -0.2) is 0 Å². The quantitative estimate of drug-likeness (QED) is 0.202. The summed E-state index contributed by atoms with van der Waals surface area (Å²) in [5.74, 6) is 3.07. The average Bonchev–Trinajstić information content (AvgIpc) is 3.01. The van der Waals surface area contributed by atoms with Crippen molar-refractivity contribution in [2.24, 2.45) is 5.92 Å². The van der Waals surface area contributed by atoms with Crippen LogP contribution in [0.2, 0.25) is 0 Å². The molecule has 4 rings (SSSR count). The maximum absolute atomic E-state index is 12.8. The molecule has 2 atom stereocenters. The maximum atomic E-state index is 12.8. The van der Waals surface area contributed by atoms with Crippen LogP contribution in [-0.2, 0) is 10.2 Å². The van der Waals surface area contributed by atoms with Gasteiger partial charge in [0, 0.05) is 16.5 Å². The Hall–Kier alpha value is -4.35. The highest BCUT2D eigenvalue weighted by molar-refractivity contribution is 6.09. The number of aliphatic hydroxyl groups is 1. The van der Waals surface area contributed by atoms with Crippen LogP contribution < -0.4 is 9.47 Å². The summed E-state index contributed by atoms with van der Waals surface area (Å²) >= 11 is 0. The minimum Gasteiger partial charge on any atom is -0.497 e. The number of ketones is 1. The summed E-state index contributed by atoms with van der Waals surface area (Å²) in [6.07, 6.45) is 13.1. The van der Waals surface area contributed by atoms with E-state index in [1.165, 1.54) is 0 Å². The van der Waals surface area contributed by atoms with E-state index in [9.17, 15) is 9.90 Å². The molecule has 5 heteroatoms. The molecule has 2 unspecified atom stereocenters. The number of hydrogen-bond acceptors (Lipinski definition) is 5. The predicted molar refractivity (Wildman–Crippen MR) is 159 cm³/mol. The van der Waals surface area contributed by atoms with E-state index in [0.717, 1.165) is 23.3 Å². The maximum Gasteiger partial charge on any atom is 0.193 e. The Balaban J connectivity index is 1.53. The monoisotopic (exact) mass is 536 g/mol. The van der Waals surface area contributed by atoms with Crippen LogP contribution in [0.3, 0.4) is 0 Å². The molecule has 1 aliphatic rings. The SMILES string of the molecule is C/C=C(\C=C/CO)C(C)(c1ccc(Oc2ccc(C(=O)c3ccc(OC)cc3)cc2)cc1)C1C=CC(OC)=CC1. The number of aliphatic hydroxyl groups excluding tert-OH is 1. The van der Waals surface area contributed by atoms with Crippen molar-refractivity contribution in [2.45, 2.75) is 25.7 Å². The van der Waals surface area contributed by atoms with Gasteiger partial charge < -0.3 is 19.3 Å². The first kappa shape index (κ1) is 28.7.